The van der Waals surface area contributed by atoms with E-state index < -0.39 is 0 Å². The van der Waals surface area contributed by atoms with Crippen molar-refractivity contribution in [1.82, 2.24) is 9.97 Å². The maximum Gasteiger partial charge on any atom is 0.310 e. The van der Waals surface area contributed by atoms with Gasteiger partial charge in [0.1, 0.15) is 12.1 Å². The average Bonchev–Trinajstić information content (AvgIpc) is 2.81. The summed E-state index contributed by atoms with van der Waals surface area (Å²) in [5.41, 5.74) is 0. The number of halogens is 1. The third-order valence-corrected chi connectivity index (χ3v) is 5.90. The second-order valence-electron chi connectivity index (χ2n) is 4.83. The molecule has 1 aromatic rings. The molecule has 0 N–H and O–H groups in total. The van der Waals surface area contributed by atoms with Crippen molar-refractivity contribution < 1.29 is 9.53 Å². The zero-order valence-electron chi connectivity index (χ0n) is 10.5. The van der Waals surface area contributed by atoms with Gasteiger partial charge in [-0.15, -0.1) is 0 Å². The summed E-state index contributed by atoms with van der Waals surface area (Å²) in [6, 6.07) is 0. The smallest absolute Gasteiger partial charge is 0.310 e. The van der Waals surface area contributed by atoms with E-state index in [2.05, 4.69) is 30.8 Å². The number of thioether (sulfide) groups is 1. The highest BCUT2D eigenvalue weighted by atomic mass is 79.9. The summed E-state index contributed by atoms with van der Waals surface area (Å²) >= 11 is 5.35. The Bertz CT molecular complexity index is 508. The van der Waals surface area contributed by atoms with Gasteiger partial charge in [-0.2, -0.15) is 11.8 Å². The number of nitrogens with zero attached hydrogens (tertiary/aromatic N) is 3. The Morgan fingerprint density at radius 1 is 1.63 bits per heavy atom. The fraction of sp³-hybridized carbons (Fsp3) is 0.583. The molecule has 19 heavy (non-hydrogen) atoms. The Morgan fingerprint density at radius 3 is 3.11 bits per heavy atom. The van der Waals surface area contributed by atoms with Crippen LogP contribution in [0.3, 0.4) is 0 Å². The van der Waals surface area contributed by atoms with Gasteiger partial charge < -0.3 is 9.64 Å². The van der Waals surface area contributed by atoms with Crippen molar-refractivity contribution in [2.75, 3.05) is 30.9 Å². The van der Waals surface area contributed by atoms with Crippen LogP contribution in [0.2, 0.25) is 0 Å². The van der Waals surface area contributed by atoms with Crippen LogP contribution in [0.1, 0.15) is 6.42 Å². The van der Waals surface area contributed by atoms with Crippen LogP contribution in [0.15, 0.2) is 17.0 Å². The first kappa shape index (κ1) is 13.2. The van der Waals surface area contributed by atoms with Gasteiger partial charge in [-0.05, 0) is 28.1 Å². The first-order chi connectivity index (χ1) is 9.16. The lowest BCUT2D eigenvalue weighted by Gasteiger charge is -2.50. The predicted molar refractivity (Wildman–Crippen MR) is 77.3 cm³/mol. The minimum absolute atomic E-state index is 0.0114. The zero-order valence-corrected chi connectivity index (χ0v) is 12.9. The molecule has 2 fully saturated rings. The van der Waals surface area contributed by atoms with Gasteiger partial charge in [0.15, 0.2) is 0 Å². The van der Waals surface area contributed by atoms with E-state index in [-0.39, 0.29) is 16.6 Å². The highest BCUT2D eigenvalue weighted by Crippen LogP contribution is 2.50. The van der Waals surface area contributed by atoms with Crippen molar-refractivity contribution >= 4 is 39.5 Å². The lowest BCUT2D eigenvalue weighted by molar-refractivity contribution is -0.146. The van der Waals surface area contributed by atoms with Gasteiger partial charge in [-0.25, -0.2) is 9.97 Å². The number of anilines is 1. The van der Waals surface area contributed by atoms with Gasteiger partial charge in [-0.3, -0.25) is 4.79 Å². The largest absolute Gasteiger partial charge is 0.469 e. The number of ether oxygens (including phenoxy) is 1. The molecule has 1 spiro atoms. The molecule has 0 amide bonds. The first-order valence-corrected chi connectivity index (χ1v) is 7.86. The van der Waals surface area contributed by atoms with E-state index in [1.165, 1.54) is 7.11 Å². The van der Waals surface area contributed by atoms with Crippen LogP contribution in [0, 0.1) is 5.92 Å². The van der Waals surface area contributed by atoms with Crippen molar-refractivity contribution in [3.8, 4) is 0 Å². The molecule has 1 aromatic heterocycles. The number of carbonyl (C=O) groups is 1. The molecule has 1 atom stereocenters. The Morgan fingerprint density at radius 2 is 2.42 bits per heavy atom. The van der Waals surface area contributed by atoms with Crippen molar-refractivity contribution in [3.63, 3.8) is 0 Å². The second-order valence-corrected chi connectivity index (χ2v) is 7.19. The third kappa shape index (κ3) is 2.12. The lowest BCUT2D eigenvalue weighted by Crippen LogP contribution is -2.63. The molecule has 2 aliphatic heterocycles. The predicted octanol–water partition coefficient (Wildman–Crippen LogP) is 1.72. The third-order valence-electron chi connectivity index (χ3n) is 3.78. The van der Waals surface area contributed by atoms with Crippen molar-refractivity contribution in [1.29, 1.82) is 0 Å². The molecule has 3 rings (SSSR count). The molecule has 0 saturated carbocycles. The van der Waals surface area contributed by atoms with Gasteiger partial charge in [0.2, 0.25) is 0 Å². The molecule has 102 valence electrons. The molecule has 5 nitrogen and oxygen atoms in total. The van der Waals surface area contributed by atoms with Gasteiger partial charge in [-0.1, -0.05) is 0 Å². The van der Waals surface area contributed by atoms with Crippen molar-refractivity contribution in [3.05, 3.63) is 17.0 Å². The van der Waals surface area contributed by atoms with Gasteiger partial charge >= 0.3 is 5.97 Å². The summed E-state index contributed by atoms with van der Waals surface area (Å²) in [5.74, 6) is 1.86. The number of esters is 1. The molecule has 0 aliphatic carbocycles. The maximum absolute atomic E-state index is 11.8. The Hall–Kier alpha value is -0.820. The zero-order chi connectivity index (χ0) is 13.5. The molecule has 3 heterocycles. The SMILES string of the molecule is COC(=O)C1CCSC12CN(c1ncncc1Br)C2. The first-order valence-electron chi connectivity index (χ1n) is 6.08. The number of aromatic nitrogens is 2. The van der Waals surface area contributed by atoms with Crippen LogP contribution in [-0.2, 0) is 9.53 Å². The monoisotopic (exact) mass is 343 g/mol. The number of rotatable bonds is 2. The molecule has 0 radical (unpaired) electrons. The summed E-state index contributed by atoms with van der Waals surface area (Å²) in [5, 5.41) is 0. The standard InChI is InChI=1S/C12H14BrN3O2S/c1-18-11(17)8-2-3-19-12(8)5-16(6-12)10-9(13)4-14-7-15-10/h4,7-8H,2-3,5-6H2,1H3. The summed E-state index contributed by atoms with van der Waals surface area (Å²) in [6.45, 7) is 1.68. The minimum atomic E-state index is -0.0774. The number of methoxy groups -OCH3 is 1. The molecule has 7 heteroatoms. The van der Waals surface area contributed by atoms with Gasteiger partial charge in [0, 0.05) is 19.3 Å². The Labute approximate surface area is 124 Å². The second kappa shape index (κ2) is 4.94. The van der Waals surface area contributed by atoms with Crippen LogP contribution >= 0.6 is 27.7 Å². The van der Waals surface area contributed by atoms with Crippen LogP contribution in [0.5, 0.6) is 0 Å². The van der Waals surface area contributed by atoms with Crippen LogP contribution in [-0.4, -0.2) is 46.6 Å². The summed E-state index contributed by atoms with van der Waals surface area (Å²) < 4.78 is 5.83. The minimum Gasteiger partial charge on any atom is -0.469 e. The molecular formula is C12H14BrN3O2S. The molecule has 0 bridgehead atoms. The Balaban J connectivity index is 1.75. The van der Waals surface area contributed by atoms with Crippen LogP contribution in [0.4, 0.5) is 5.82 Å². The van der Waals surface area contributed by atoms with E-state index in [4.69, 9.17) is 4.74 Å². The van der Waals surface area contributed by atoms with E-state index in [1.54, 1.807) is 12.5 Å². The van der Waals surface area contributed by atoms with Crippen LogP contribution < -0.4 is 4.90 Å². The fourth-order valence-corrected chi connectivity index (χ4v) is 4.96. The molecular weight excluding hydrogens is 330 g/mol. The van der Waals surface area contributed by atoms with Gasteiger partial charge in [0.25, 0.3) is 0 Å². The van der Waals surface area contributed by atoms with Crippen molar-refractivity contribution in [2.24, 2.45) is 5.92 Å². The maximum atomic E-state index is 11.8. The number of hydrogen-bond donors (Lipinski definition) is 0. The highest BCUT2D eigenvalue weighted by molar-refractivity contribution is 9.10. The van der Waals surface area contributed by atoms with E-state index in [0.29, 0.717) is 0 Å². The van der Waals surface area contributed by atoms with E-state index in [0.717, 1.165) is 35.6 Å². The quantitative estimate of drug-likeness (QED) is 0.762. The summed E-state index contributed by atoms with van der Waals surface area (Å²) in [4.78, 5) is 22.3. The molecule has 1 unspecified atom stereocenters. The molecule has 2 saturated heterocycles. The topological polar surface area (TPSA) is 55.3 Å². The summed E-state index contributed by atoms with van der Waals surface area (Å²) in [7, 11) is 1.47. The van der Waals surface area contributed by atoms with Crippen LogP contribution in [0.25, 0.3) is 0 Å². The highest BCUT2D eigenvalue weighted by Gasteiger charge is 2.56. The van der Waals surface area contributed by atoms with E-state index >= 15 is 0 Å². The lowest BCUT2D eigenvalue weighted by atomic mass is 9.83. The van der Waals surface area contributed by atoms with E-state index in [9.17, 15) is 4.79 Å². The number of hydrogen-bond acceptors (Lipinski definition) is 6. The normalized spacial score (nSPS) is 24.3. The summed E-state index contributed by atoms with van der Waals surface area (Å²) in [6.07, 6.45) is 4.20. The fourth-order valence-electron chi connectivity index (χ4n) is 2.82. The van der Waals surface area contributed by atoms with Crippen molar-refractivity contribution in [2.45, 2.75) is 11.2 Å². The van der Waals surface area contributed by atoms with Gasteiger partial charge in [0.05, 0.1) is 22.2 Å². The van der Waals surface area contributed by atoms with E-state index in [1.807, 2.05) is 11.8 Å². The molecule has 0 aromatic carbocycles. The number of carbonyl (C=O) groups excluding carboxylic acids is 1. The molecule has 2 aliphatic rings. The Kier molecular flexibility index (Phi) is 3.42. The average molecular weight is 344 g/mol.